The summed E-state index contributed by atoms with van der Waals surface area (Å²) in [5, 5.41) is 0. The van der Waals surface area contributed by atoms with E-state index < -0.39 is 19.8 Å². The minimum atomic E-state index is -0.742. The average Bonchev–Trinajstić information content (AvgIpc) is 2.25. The zero-order valence-corrected chi connectivity index (χ0v) is 15.0. The Morgan fingerprint density at radius 1 is 0.625 bits per heavy atom. The fraction of sp³-hybridized carbons (Fsp3) is 1.00. The van der Waals surface area contributed by atoms with Gasteiger partial charge in [0.2, 0.25) is 0 Å². The summed E-state index contributed by atoms with van der Waals surface area (Å²) in [6.45, 7) is 0. The Kier molecular flexibility index (Phi) is 15.1. The Balaban J connectivity index is 2.88. The molecule has 0 heterocycles. The van der Waals surface area contributed by atoms with Crippen molar-refractivity contribution in [3.05, 3.63) is 0 Å². The molecular formula is C14H30ClSn. The molecule has 0 aliphatic heterocycles. The van der Waals surface area contributed by atoms with Crippen molar-refractivity contribution in [1.29, 1.82) is 0 Å². The molecule has 0 unspecified atom stereocenters. The second kappa shape index (κ2) is 14.2. The summed E-state index contributed by atoms with van der Waals surface area (Å²) in [4.78, 5) is 5.03. The number of halogens is 1. The smallest absolute Gasteiger partial charge is 0.127 e. The first-order valence-corrected chi connectivity index (χ1v) is 15.4. The molecule has 16 heavy (non-hydrogen) atoms. The second-order valence-corrected chi connectivity index (χ2v) is 13.9. The van der Waals surface area contributed by atoms with Crippen LogP contribution >= 0.6 is 11.6 Å². The van der Waals surface area contributed by atoms with Crippen LogP contribution in [0, 0.1) is 0 Å². The molecule has 0 N–H and O–H groups in total. The van der Waals surface area contributed by atoms with Gasteiger partial charge in [-0.3, -0.25) is 0 Å². The molecule has 0 nitrogen and oxygen atoms in total. The summed E-state index contributed by atoms with van der Waals surface area (Å²) < 4.78 is 1.61. The van der Waals surface area contributed by atoms with E-state index >= 15 is 0 Å². The van der Waals surface area contributed by atoms with E-state index in [9.17, 15) is 0 Å². The number of hydrogen-bond donors (Lipinski definition) is 0. The van der Waals surface area contributed by atoms with Gasteiger partial charge in [-0.05, 0) is 0 Å². The molecule has 0 saturated carbocycles. The van der Waals surface area contributed by atoms with Gasteiger partial charge in [-0.25, -0.2) is 0 Å². The average molecular weight is 353 g/mol. The third kappa shape index (κ3) is 15.1. The van der Waals surface area contributed by atoms with Crippen molar-refractivity contribution in [2.75, 3.05) is 5.88 Å². The number of hydrogen-bond acceptors (Lipinski definition) is 0. The molecule has 0 aromatic rings. The first kappa shape index (κ1) is 17.1. The first-order chi connectivity index (χ1) is 7.77. The second-order valence-electron chi connectivity index (χ2n) is 5.18. The molecule has 0 atom stereocenters. The Hall–Kier alpha value is 1.09. The number of alkyl halides is 1. The standard InChI is InChI=1S/C12H24Cl.2CH3.Sn/c1-2-3-4-5-6-7-8-9-10-11-12-13;;;/h1-12H2;2*1H3;. The van der Waals surface area contributed by atoms with Crippen LogP contribution in [0.2, 0.25) is 14.3 Å². The van der Waals surface area contributed by atoms with Gasteiger partial charge in [-0.1, -0.05) is 0 Å². The van der Waals surface area contributed by atoms with Crippen LogP contribution in [0.15, 0.2) is 0 Å². The van der Waals surface area contributed by atoms with Gasteiger partial charge in [0, 0.05) is 0 Å². The maximum atomic E-state index is 5.64. The van der Waals surface area contributed by atoms with Gasteiger partial charge in [0.25, 0.3) is 0 Å². The van der Waals surface area contributed by atoms with Crippen molar-refractivity contribution in [1.82, 2.24) is 0 Å². The molecule has 0 aromatic heterocycles. The zero-order chi connectivity index (χ0) is 12.1. The molecule has 0 bridgehead atoms. The molecule has 0 aromatic carbocycles. The first-order valence-electron chi connectivity index (χ1n) is 7.12. The van der Waals surface area contributed by atoms with Crippen LogP contribution in [0.1, 0.15) is 64.2 Å². The molecule has 2 heteroatoms. The van der Waals surface area contributed by atoms with Crippen LogP contribution < -0.4 is 0 Å². The summed E-state index contributed by atoms with van der Waals surface area (Å²) in [6.07, 6.45) is 14.3. The number of rotatable bonds is 12. The van der Waals surface area contributed by atoms with Crippen LogP contribution in [-0.2, 0) is 0 Å². The van der Waals surface area contributed by atoms with E-state index in [1.807, 2.05) is 0 Å². The van der Waals surface area contributed by atoms with E-state index in [0.717, 1.165) is 5.88 Å². The maximum absolute atomic E-state index is 5.64. The molecule has 0 aliphatic rings. The van der Waals surface area contributed by atoms with Crippen molar-refractivity contribution < 1.29 is 0 Å². The van der Waals surface area contributed by atoms with Crippen molar-refractivity contribution in [2.24, 2.45) is 0 Å². The van der Waals surface area contributed by atoms with Crippen molar-refractivity contribution in [3.8, 4) is 0 Å². The van der Waals surface area contributed by atoms with Crippen LogP contribution in [0.3, 0.4) is 0 Å². The summed E-state index contributed by atoms with van der Waals surface area (Å²) in [6, 6.07) is 0. The van der Waals surface area contributed by atoms with E-state index in [1.165, 1.54) is 64.2 Å². The van der Waals surface area contributed by atoms with Crippen molar-refractivity contribution >= 4 is 31.4 Å². The summed E-state index contributed by atoms with van der Waals surface area (Å²) in [5.41, 5.74) is 0. The van der Waals surface area contributed by atoms with Crippen molar-refractivity contribution in [3.63, 3.8) is 0 Å². The van der Waals surface area contributed by atoms with E-state index in [1.54, 1.807) is 4.44 Å². The predicted octanol–water partition coefficient (Wildman–Crippen LogP) is 5.88. The normalized spacial score (nSPS) is 11.2. The third-order valence-electron chi connectivity index (χ3n) is 3.06. The molecule has 0 aliphatic carbocycles. The third-order valence-corrected chi connectivity index (χ3v) is 7.19. The van der Waals surface area contributed by atoms with Gasteiger partial charge in [0.15, 0.2) is 0 Å². The Bertz CT molecular complexity index is 126. The molecule has 0 rings (SSSR count). The van der Waals surface area contributed by atoms with Crippen LogP contribution in [0.4, 0.5) is 0 Å². The van der Waals surface area contributed by atoms with Gasteiger partial charge in [0.05, 0.1) is 0 Å². The van der Waals surface area contributed by atoms with E-state index in [4.69, 9.17) is 11.6 Å². The monoisotopic (exact) mass is 353 g/mol. The van der Waals surface area contributed by atoms with Crippen LogP contribution in [0.5, 0.6) is 0 Å². The minimum absolute atomic E-state index is 0.742. The Morgan fingerprint density at radius 3 is 1.38 bits per heavy atom. The quantitative estimate of drug-likeness (QED) is 0.234. The van der Waals surface area contributed by atoms with E-state index in [0.29, 0.717) is 0 Å². The van der Waals surface area contributed by atoms with E-state index in [-0.39, 0.29) is 0 Å². The summed E-state index contributed by atoms with van der Waals surface area (Å²) in [7, 11) is 0. The molecule has 1 radical (unpaired) electrons. The summed E-state index contributed by atoms with van der Waals surface area (Å²) in [5.74, 6) is 0.848. The zero-order valence-electron chi connectivity index (χ0n) is 11.4. The number of unbranched alkanes of at least 4 members (excludes halogenated alkanes) is 9. The van der Waals surface area contributed by atoms with Gasteiger partial charge in [-0.2, -0.15) is 0 Å². The fourth-order valence-electron chi connectivity index (χ4n) is 1.99. The molecule has 0 amide bonds. The Morgan fingerprint density at radius 2 is 1.00 bits per heavy atom. The van der Waals surface area contributed by atoms with Gasteiger partial charge >= 0.3 is 104 Å². The topological polar surface area (TPSA) is 0 Å². The van der Waals surface area contributed by atoms with E-state index in [2.05, 4.69) is 9.88 Å². The predicted molar refractivity (Wildman–Crippen MR) is 79.2 cm³/mol. The van der Waals surface area contributed by atoms with Gasteiger partial charge < -0.3 is 0 Å². The van der Waals surface area contributed by atoms with Gasteiger partial charge in [0.1, 0.15) is 0 Å². The molecule has 0 fully saturated rings. The fourth-order valence-corrected chi connectivity index (χ4v) is 4.91. The molecule has 97 valence electrons. The summed E-state index contributed by atoms with van der Waals surface area (Å²) >= 11 is 4.90. The van der Waals surface area contributed by atoms with Crippen molar-refractivity contribution in [2.45, 2.75) is 78.5 Å². The SMILES string of the molecule is [CH3][Sn]([CH3])[CH2]CCCCCCCCCCCCl. The minimum Gasteiger partial charge on any atom is -0.127 e. The molecule has 0 saturated heterocycles. The van der Waals surface area contributed by atoms with Crippen LogP contribution in [-0.4, -0.2) is 25.6 Å². The van der Waals surface area contributed by atoms with Crippen LogP contribution in [0.25, 0.3) is 0 Å². The van der Waals surface area contributed by atoms with Gasteiger partial charge in [-0.15, -0.1) is 11.6 Å². The molecular weight excluding hydrogens is 322 g/mol. The molecule has 0 spiro atoms. The Labute approximate surface area is 115 Å².